The van der Waals surface area contributed by atoms with Gasteiger partial charge in [0.25, 0.3) is 25.5 Å². The minimum absolute atomic E-state index is 0.0493. The van der Waals surface area contributed by atoms with E-state index in [2.05, 4.69) is 28.3 Å². The summed E-state index contributed by atoms with van der Waals surface area (Å²) < 4.78 is 51.3. The van der Waals surface area contributed by atoms with Gasteiger partial charge in [-0.05, 0) is 6.07 Å². The molecule has 246 valence electrons. The topological polar surface area (TPSA) is 341 Å². The Labute approximate surface area is 250 Å². The van der Waals surface area contributed by atoms with Crippen LogP contribution in [0.5, 0.6) is 0 Å². The van der Waals surface area contributed by atoms with Crippen LogP contribution in [0.3, 0.4) is 0 Å². The number of fused-ring (bicyclic) bond motifs is 1. The summed E-state index contributed by atoms with van der Waals surface area (Å²) in [5.74, 6) is -1.06. The number of nitrogens with zero attached hydrogens (tertiary/aromatic N) is 4. The molecule has 2 aliphatic rings. The van der Waals surface area contributed by atoms with Crippen LogP contribution in [0.1, 0.15) is 22.8 Å². The number of nitrogen functional groups attached to an aromatic ring is 1. The molecule has 22 nitrogen and oxygen atoms in total. The number of hydrogen-bond donors (Lipinski definition) is 8. The van der Waals surface area contributed by atoms with Crippen molar-refractivity contribution in [3.05, 3.63) is 46.8 Å². The molecule has 0 bridgehead atoms. The van der Waals surface area contributed by atoms with Gasteiger partial charge in [-0.15, -0.1) is 0 Å². The van der Waals surface area contributed by atoms with Crippen LogP contribution in [0.2, 0.25) is 0 Å². The summed E-state index contributed by atoms with van der Waals surface area (Å²) in [4.78, 5) is 55.7. The van der Waals surface area contributed by atoms with E-state index < -0.39 is 89.4 Å². The molecule has 3 aromatic heterocycles. The second kappa shape index (κ2) is 12.5. The van der Waals surface area contributed by atoms with E-state index in [1.165, 1.54) is 29.1 Å². The van der Waals surface area contributed by atoms with E-state index in [-0.39, 0.29) is 22.7 Å². The fourth-order valence-electron chi connectivity index (χ4n) is 4.64. The van der Waals surface area contributed by atoms with Crippen LogP contribution < -0.4 is 26.5 Å². The van der Waals surface area contributed by atoms with Crippen molar-refractivity contribution < 1.29 is 71.5 Å². The SMILES string of the molecule is NC(=O)c1ccc[n+](C2OC(COP(=O)([O-])OP(=O)(O)OCC3OC(n4cnc5c(=O)[nH]c(N)nc54)C(O)C3O)C(O)C2O)c1. The molecule has 24 heteroatoms. The van der Waals surface area contributed by atoms with Gasteiger partial charge in [-0.3, -0.25) is 28.2 Å². The van der Waals surface area contributed by atoms with Crippen LogP contribution in [0, 0.1) is 0 Å². The predicted octanol–water partition coefficient (Wildman–Crippen LogP) is -4.35. The number of aromatic nitrogens is 5. The highest BCUT2D eigenvalue weighted by atomic mass is 31.3. The highest BCUT2D eigenvalue weighted by Crippen LogP contribution is 2.58. The second-order valence-corrected chi connectivity index (χ2v) is 12.9. The Bertz CT molecular complexity index is 1740. The number of nitrogens with one attached hydrogen (secondary N) is 1. The molecular weight excluding hydrogens is 652 g/mol. The van der Waals surface area contributed by atoms with Crippen molar-refractivity contribution in [3.8, 4) is 0 Å². The first-order chi connectivity index (χ1) is 21.1. The van der Waals surface area contributed by atoms with Crippen LogP contribution in [0.15, 0.2) is 35.6 Å². The molecule has 10 atom stereocenters. The summed E-state index contributed by atoms with van der Waals surface area (Å²) in [6.07, 6.45) is -8.80. The molecule has 10 N–H and O–H groups in total. The van der Waals surface area contributed by atoms with Crippen molar-refractivity contribution in [2.45, 2.75) is 49.1 Å². The number of aromatic amines is 1. The zero-order valence-electron chi connectivity index (χ0n) is 22.6. The molecule has 2 aliphatic heterocycles. The first-order valence-electron chi connectivity index (χ1n) is 12.8. The number of anilines is 1. The second-order valence-electron chi connectivity index (χ2n) is 9.86. The number of pyridine rings is 1. The maximum Gasteiger partial charge on any atom is 0.478 e. The average Bonchev–Trinajstić information content (AvgIpc) is 3.60. The number of aliphatic hydroxyl groups excluding tert-OH is 4. The number of phosphoric acid groups is 2. The van der Waals surface area contributed by atoms with Crippen molar-refractivity contribution in [1.29, 1.82) is 0 Å². The van der Waals surface area contributed by atoms with E-state index in [1.807, 2.05) is 0 Å². The van der Waals surface area contributed by atoms with Gasteiger partial charge in [0, 0.05) is 6.07 Å². The molecule has 0 aromatic carbocycles. The van der Waals surface area contributed by atoms with Gasteiger partial charge in [0.15, 0.2) is 35.9 Å². The molecule has 0 aliphatic carbocycles. The van der Waals surface area contributed by atoms with Crippen LogP contribution in [0.4, 0.5) is 5.95 Å². The third kappa shape index (κ3) is 6.98. The van der Waals surface area contributed by atoms with Gasteiger partial charge < -0.3 is 55.7 Å². The molecular formula is C21H27N7O15P2. The van der Waals surface area contributed by atoms with Gasteiger partial charge in [-0.1, -0.05) is 0 Å². The minimum atomic E-state index is -5.65. The van der Waals surface area contributed by atoms with Crippen molar-refractivity contribution in [1.82, 2.24) is 19.5 Å². The molecule has 0 radical (unpaired) electrons. The quantitative estimate of drug-likeness (QED) is 0.0701. The Morgan fingerprint density at radius 1 is 1.11 bits per heavy atom. The molecule has 5 heterocycles. The van der Waals surface area contributed by atoms with Gasteiger partial charge in [0.1, 0.15) is 36.1 Å². The van der Waals surface area contributed by atoms with E-state index in [4.69, 9.17) is 20.9 Å². The highest BCUT2D eigenvalue weighted by Gasteiger charge is 2.49. The van der Waals surface area contributed by atoms with Gasteiger partial charge >= 0.3 is 7.82 Å². The first-order valence-corrected chi connectivity index (χ1v) is 15.7. The van der Waals surface area contributed by atoms with E-state index in [1.54, 1.807) is 0 Å². The summed E-state index contributed by atoms with van der Waals surface area (Å²) in [6.45, 7) is -1.96. The number of carbonyl (C=O) groups excluding carboxylic acids is 1. The summed E-state index contributed by atoms with van der Waals surface area (Å²) in [5, 5.41) is 41.6. The monoisotopic (exact) mass is 679 g/mol. The molecule has 0 saturated carbocycles. The number of ether oxygens (including phenoxy) is 2. The normalized spacial score (nSPS) is 31.2. The summed E-state index contributed by atoms with van der Waals surface area (Å²) in [6, 6.07) is 2.80. The van der Waals surface area contributed by atoms with E-state index >= 15 is 0 Å². The Kier molecular flexibility index (Phi) is 9.23. The number of hydrogen-bond acceptors (Lipinski definition) is 17. The summed E-state index contributed by atoms with van der Waals surface area (Å²) >= 11 is 0. The molecule has 3 aromatic rings. The van der Waals surface area contributed by atoms with E-state index in [0.29, 0.717) is 0 Å². The van der Waals surface area contributed by atoms with Crippen molar-refractivity contribution in [2.75, 3.05) is 18.9 Å². The number of primary amides is 1. The van der Waals surface area contributed by atoms with Crippen LogP contribution >= 0.6 is 15.6 Å². The van der Waals surface area contributed by atoms with Crippen LogP contribution in [-0.2, 0) is 32.0 Å². The van der Waals surface area contributed by atoms with Crippen molar-refractivity contribution in [3.63, 3.8) is 0 Å². The molecule has 1 amide bonds. The zero-order valence-corrected chi connectivity index (χ0v) is 24.4. The number of imidazole rings is 1. The number of H-pyrrole nitrogens is 1. The third-order valence-corrected chi connectivity index (χ3v) is 9.37. The number of aliphatic hydroxyl groups is 4. The Balaban J connectivity index is 1.17. The Hall–Kier alpha value is -3.21. The Morgan fingerprint density at radius 3 is 2.49 bits per heavy atom. The maximum atomic E-state index is 12.4. The number of phosphoric ester groups is 2. The lowest BCUT2D eigenvalue weighted by molar-refractivity contribution is -0.765. The van der Waals surface area contributed by atoms with Crippen molar-refractivity contribution in [2.24, 2.45) is 5.73 Å². The number of amides is 1. The standard InChI is InChI=1S/C21H27N7O15P2/c22-16(33)8-2-1-3-27(4-8)19-14(31)12(29)9(41-19)5-39-44(35,36)43-45(37,38)40-6-10-13(30)15(32)20(42-10)28-7-24-11-17(28)25-21(23)26-18(11)34/h1-4,7,9-10,12-15,19-20,29-32H,5-6H2,(H6-,22,23,25,26,33,34,35,36,37,38). The fraction of sp³-hybridized carbons (Fsp3) is 0.476. The predicted molar refractivity (Wildman–Crippen MR) is 140 cm³/mol. The lowest BCUT2D eigenvalue weighted by Gasteiger charge is -2.26. The third-order valence-electron chi connectivity index (χ3n) is 6.80. The van der Waals surface area contributed by atoms with E-state index in [0.717, 1.165) is 10.9 Å². The molecule has 2 fully saturated rings. The number of rotatable bonds is 11. The largest absolute Gasteiger partial charge is 0.756 e. The van der Waals surface area contributed by atoms with Gasteiger partial charge in [0.2, 0.25) is 5.95 Å². The number of carbonyl (C=O) groups is 1. The van der Waals surface area contributed by atoms with Gasteiger partial charge in [-0.25, -0.2) is 13.9 Å². The zero-order chi connectivity index (χ0) is 32.8. The molecule has 5 rings (SSSR count). The fourth-order valence-corrected chi connectivity index (χ4v) is 6.69. The molecule has 45 heavy (non-hydrogen) atoms. The maximum absolute atomic E-state index is 12.4. The smallest absolute Gasteiger partial charge is 0.478 e. The lowest BCUT2D eigenvalue weighted by atomic mass is 10.1. The molecule has 2 saturated heterocycles. The summed E-state index contributed by atoms with van der Waals surface area (Å²) in [5.41, 5.74) is 9.86. The molecule has 10 unspecified atom stereocenters. The number of nitrogens with two attached hydrogens (primary N) is 2. The van der Waals surface area contributed by atoms with Crippen molar-refractivity contribution >= 4 is 38.7 Å². The van der Waals surface area contributed by atoms with Gasteiger partial charge in [0.05, 0.1) is 19.5 Å². The Morgan fingerprint density at radius 2 is 1.78 bits per heavy atom. The average molecular weight is 679 g/mol. The van der Waals surface area contributed by atoms with Crippen LogP contribution in [0.25, 0.3) is 11.2 Å². The lowest BCUT2D eigenvalue weighted by Crippen LogP contribution is -2.46. The van der Waals surface area contributed by atoms with Crippen LogP contribution in [-0.4, -0.2) is 101 Å². The van der Waals surface area contributed by atoms with Gasteiger partial charge in [-0.2, -0.15) is 9.55 Å². The highest BCUT2D eigenvalue weighted by molar-refractivity contribution is 7.60. The molecule has 0 spiro atoms. The first kappa shape index (κ1) is 33.2. The summed E-state index contributed by atoms with van der Waals surface area (Å²) in [7, 11) is -11.1. The minimum Gasteiger partial charge on any atom is -0.756 e. The van der Waals surface area contributed by atoms with E-state index in [9.17, 15) is 48.9 Å².